The molecule has 1 heterocycles. The number of alkyl halides is 1. The summed E-state index contributed by atoms with van der Waals surface area (Å²) in [6, 6.07) is 23.2. The Morgan fingerprint density at radius 3 is 2.46 bits per heavy atom. The Labute approximate surface area is 172 Å². The average Bonchev–Trinajstić information content (AvgIpc) is 3.11. The van der Waals surface area contributed by atoms with Gasteiger partial charge in [-0.3, -0.25) is 4.79 Å². The summed E-state index contributed by atoms with van der Waals surface area (Å²) in [5.74, 6) is 0.967. The minimum atomic E-state index is -0.114. The SMILES string of the molecule is Cc1ccc(C(=O)c2oc3cc(OCc4ccccc4)ccc3c2CBr)cc1. The second kappa shape index (κ2) is 8.03. The Balaban J connectivity index is 1.64. The fourth-order valence-corrected chi connectivity index (χ4v) is 3.67. The lowest BCUT2D eigenvalue weighted by molar-refractivity contribution is 0.101. The first kappa shape index (κ1) is 18.5. The predicted octanol–water partition coefficient (Wildman–Crippen LogP) is 6.45. The highest BCUT2D eigenvalue weighted by molar-refractivity contribution is 9.08. The van der Waals surface area contributed by atoms with E-state index >= 15 is 0 Å². The van der Waals surface area contributed by atoms with Crippen molar-refractivity contribution in [1.29, 1.82) is 0 Å². The van der Waals surface area contributed by atoms with Crippen molar-refractivity contribution in [3.8, 4) is 5.75 Å². The van der Waals surface area contributed by atoms with Gasteiger partial charge in [0.05, 0.1) is 0 Å². The van der Waals surface area contributed by atoms with Crippen LogP contribution in [0.15, 0.2) is 77.2 Å². The molecule has 140 valence electrons. The Morgan fingerprint density at radius 1 is 1.00 bits per heavy atom. The van der Waals surface area contributed by atoms with Crippen molar-refractivity contribution in [3.63, 3.8) is 0 Å². The average molecular weight is 435 g/mol. The quantitative estimate of drug-likeness (QED) is 0.258. The van der Waals surface area contributed by atoms with Gasteiger partial charge in [-0.05, 0) is 24.6 Å². The largest absolute Gasteiger partial charge is 0.489 e. The van der Waals surface area contributed by atoms with Gasteiger partial charge < -0.3 is 9.15 Å². The van der Waals surface area contributed by atoms with Crippen LogP contribution in [0.4, 0.5) is 0 Å². The molecule has 0 atom stereocenters. The zero-order chi connectivity index (χ0) is 19.5. The first-order chi connectivity index (χ1) is 13.7. The highest BCUT2D eigenvalue weighted by atomic mass is 79.9. The molecule has 0 N–H and O–H groups in total. The summed E-state index contributed by atoms with van der Waals surface area (Å²) in [4.78, 5) is 13.0. The van der Waals surface area contributed by atoms with Crippen molar-refractivity contribution in [2.45, 2.75) is 18.9 Å². The van der Waals surface area contributed by atoms with E-state index in [1.165, 1.54) is 0 Å². The van der Waals surface area contributed by atoms with Crippen molar-refractivity contribution >= 4 is 32.7 Å². The molecule has 0 saturated heterocycles. The fraction of sp³-hybridized carbons (Fsp3) is 0.125. The van der Waals surface area contributed by atoms with Crippen molar-refractivity contribution in [1.82, 2.24) is 0 Å². The highest BCUT2D eigenvalue weighted by Gasteiger charge is 2.21. The molecule has 0 aliphatic carbocycles. The van der Waals surface area contributed by atoms with Gasteiger partial charge in [-0.25, -0.2) is 0 Å². The molecular formula is C24H19BrO3. The second-order valence-electron chi connectivity index (χ2n) is 6.67. The van der Waals surface area contributed by atoms with Gasteiger partial charge in [-0.1, -0.05) is 76.1 Å². The zero-order valence-electron chi connectivity index (χ0n) is 15.4. The molecule has 0 spiro atoms. The van der Waals surface area contributed by atoms with Crippen LogP contribution in [-0.2, 0) is 11.9 Å². The zero-order valence-corrected chi connectivity index (χ0v) is 17.0. The van der Waals surface area contributed by atoms with Gasteiger partial charge in [0.15, 0.2) is 5.76 Å². The Kier molecular flexibility index (Phi) is 5.31. The number of carbonyl (C=O) groups excluding carboxylic acids is 1. The van der Waals surface area contributed by atoms with Gasteiger partial charge >= 0.3 is 0 Å². The standard InChI is InChI=1S/C24H19BrO3/c1-16-7-9-18(10-8-16)23(26)24-21(14-25)20-12-11-19(13-22(20)28-24)27-15-17-5-3-2-4-6-17/h2-13H,14-15H2,1H3. The van der Waals surface area contributed by atoms with Gasteiger partial charge in [0.25, 0.3) is 0 Å². The molecule has 28 heavy (non-hydrogen) atoms. The van der Waals surface area contributed by atoms with Gasteiger partial charge in [0.1, 0.15) is 17.9 Å². The van der Waals surface area contributed by atoms with E-state index in [0.717, 1.165) is 22.1 Å². The number of hydrogen-bond acceptors (Lipinski definition) is 3. The summed E-state index contributed by atoms with van der Waals surface area (Å²) < 4.78 is 11.9. The van der Waals surface area contributed by atoms with Crippen LogP contribution >= 0.6 is 15.9 Å². The first-order valence-electron chi connectivity index (χ1n) is 9.05. The summed E-state index contributed by atoms with van der Waals surface area (Å²) >= 11 is 3.50. The van der Waals surface area contributed by atoms with E-state index in [0.29, 0.717) is 34.6 Å². The molecule has 3 nitrogen and oxygen atoms in total. The van der Waals surface area contributed by atoms with Gasteiger partial charge in [-0.15, -0.1) is 0 Å². The number of ether oxygens (including phenoxy) is 1. The molecule has 0 fully saturated rings. The number of hydrogen-bond donors (Lipinski definition) is 0. The molecule has 1 aromatic heterocycles. The van der Waals surface area contributed by atoms with Crippen LogP contribution in [0.2, 0.25) is 0 Å². The van der Waals surface area contributed by atoms with Crippen LogP contribution in [0, 0.1) is 6.92 Å². The smallest absolute Gasteiger partial charge is 0.228 e. The molecule has 0 aliphatic heterocycles. The van der Waals surface area contributed by atoms with E-state index in [2.05, 4.69) is 15.9 Å². The Hall–Kier alpha value is -2.85. The number of benzene rings is 3. The maximum absolute atomic E-state index is 13.0. The third-order valence-electron chi connectivity index (χ3n) is 4.67. The third kappa shape index (κ3) is 3.73. The van der Waals surface area contributed by atoms with E-state index in [4.69, 9.17) is 9.15 Å². The summed E-state index contributed by atoms with van der Waals surface area (Å²) in [6.45, 7) is 2.48. The van der Waals surface area contributed by atoms with Crippen LogP contribution in [-0.4, -0.2) is 5.78 Å². The monoisotopic (exact) mass is 434 g/mol. The van der Waals surface area contributed by atoms with Crippen molar-refractivity contribution in [3.05, 3.63) is 101 Å². The minimum Gasteiger partial charge on any atom is -0.489 e. The van der Waals surface area contributed by atoms with Crippen LogP contribution < -0.4 is 4.74 Å². The molecule has 0 bridgehead atoms. The van der Waals surface area contributed by atoms with Crippen molar-refractivity contribution in [2.75, 3.05) is 0 Å². The Bertz CT molecular complexity index is 1110. The first-order valence-corrected chi connectivity index (χ1v) is 10.2. The summed E-state index contributed by atoms with van der Waals surface area (Å²) in [7, 11) is 0. The molecule has 3 aromatic carbocycles. The molecule has 0 unspecified atom stereocenters. The molecule has 0 amide bonds. The lowest BCUT2D eigenvalue weighted by Crippen LogP contribution is -2.02. The Morgan fingerprint density at radius 2 is 1.75 bits per heavy atom. The summed E-state index contributed by atoms with van der Waals surface area (Å²) in [5, 5.41) is 1.45. The lowest BCUT2D eigenvalue weighted by atomic mass is 10.0. The van der Waals surface area contributed by atoms with Crippen LogP contribution in [0.25, 0.3) is 11.0 Å². The van der Waals surface area contributed by atoms with Crippen LogP contribution in [0.5, 0.6) is 5.75 Å². The molecule has 0 radical (unpaired) electrons. The van der Waals surface area contributed by atoms with Crippen molar-refractivity contribution in [2.24, 2.45) is 0 Å². The molecule has 0 aliphatic rings. The molecule has 0 saturated carbocycles. The topological polar surface area (TPSA) is 39.4 Å². The highest BCUT2D eigenvalue weighted by Crippen LogP contribution is 2.32. The minimum absolute atomic E-state index is 0.114. The number of fused-ring (bicyclic) bond motifs is 1. The number of rotatable bonds is 6. The number of carbonyl (C=O) groups is 1. The van der Waals surface area contributed by atoms with Gasteiger partial charge in [0.2, 0.25) is 5.78 Å². The third-order valence-corrected chi connectivity index (χ3v) is 5.23. The number of halogens is 1. The van der Waals surface area contributed by atoms with E-state index in [1.54, 1.807) is 0 Å². The maximum atomic E-state index is 13.0. The molecule has 4 aromatic rings. The van der Waals surface area contributed by atoms with E-state index in [1.807, 2.05) is 79.7 Å². The van der Waals surface area contributed by atoms with Crippen LogP contribution in [0.1, 0.15) is 32.8 Å². The van der Waals surface area contributed by atoms with E-state index < -0.39 is 0 Å². The normalized spacial score (nSPS) is 10.9. The fourth-order valence-electron chi connectivity index (χ4n) is 3.11. The van der Waals surface area contributed by atoms with Crippen LogP contribution in [0.3, 0.4) is 0 Å². The summed E-state index contributed by atoms with van der Waals surface area (Å²) in [6.07, 6.45) is 0. The van der Waals surface area contributed by atoms with E-state index in [9.17, 15) is 4.79 Å². The lowest BCUT2D eigenvalue weighted by Gasteiger charge is -2.06. The second-order valence-corrected chi connectivity index (χ2v) is 7.23. The predicted molar refractivity (Wildman–Crippen MR) is 114 cm³/mol. The summed E-state index contributed by atoms with van der Waals surface area (Å²) in [5.41, 5.74) is 4.33. The molecule has 4 rings (SSSR count). The van der Waals surface area contributed by atoms with E-state index in [-0.39, 0.29) is 5.78 Å². The molecule has 4 heteroatoms. The van der Waals surface area contributed by atoms with Crippen molar-refractivity contribution < 1.29 is 13.9 Å². The number of aryl methyl sites for hydroxylation is 1. The van der Waals surface area contributed by atoms with Gasteiger partial charge in [-0.2, -0.15) is 0 Å². The number of furan rings is 1. The van der Waals surface area contributed by atoms with Gasteiger partial charge in [0, 0.05) is 27.9 Å². The number of ketones is 1. The molecular weight excluding hydrogens is 416 g/mol. The maximum Gasteiger partial charge on any atom is 0.228 e.